The van der Waals surface area contributed by atoms with E-state index in [2.05, 4.69) is 4.72 Å². The topological polar surface area (TPSA) is 81.7 Å². The van der Waals surface area contributed by atoms with Crippen LogP contribution < -0.4 is 9.46 Å². The SMILES string of the molecule is COC(=O)[C@@H]1CCOc2ccc(CNS(C)(=O)=O)cc21. The molecule has 0 saturated carbocycles. The zero-order valence-corrected chi connectivity index (χ0v) is 12.2. The van der Waals surface area contributed by atoms with Crippen molar-refractivity contribution in [2.24, 2.45) is 0 Å². The fourth-order valence-corrected chi connectivity index (χ4v) is 2.58. The molecule has 1 atom stereocenters. The van der Waals surface area contributed by atoms with E-state index >= 15 is 0 Å². The minimum Gasteiger partial charge on any atom is -0.493 e. The van der Waals surface area contributed by atoms with Gasteiger partial charge in [0.1, 0.15) is 5.75 Å². The summed E-state index contributed by atoms with van der Waals surface area (Å²) >= 11 is 0. The molecule has 0 aromatic heterocycles. The second-order valence-corrected chi connectivity index (χ2v) is 6.51. The van der Waals surface area contributed by atoms with Crippen molar-refractivity contribution in [1.82, 2.24) is 4.72 Å². The summed E-state index contributed by atoms with van der Waals surface area (Å²) in [6.45, 7) is 0.647. The average Bonchev–Trinajstić information content (AvgIpc) is 2.42. The highest BCUT2D eigenvalue weighted by atomic mass is 32.2. The van der Waals surface area contributed by atoms with Crippen LogP contribution in [0.1, 0.15) is 23.5 Å². The first-order chi connectivity index (χ1) is 9.40. The lowest BCUT2D eigenvalue weighted by atomic mass is 9.92. The lowest BCUT2D eigenvalue weighted by Crippen LogP contribution is -2.24. The van der Waals surface area contributed by atoms with E-state index in [-0.39, 0.29) is 18.4 Å². The highest BCUT2D eigenvalue weighted by molar-refractivity contribution is 7.88. The number of methoxy groups -OCH3 is 1. The van der Waals surface area contributed by atoms with Crippen LogP contribution in [0, 0.1) is 0 Å². The maximum absolute atomic E-state index is 11.8. The maximum Gasteiger partial charge on any atom is 0.313 e. The van der Waals surface area contributed by atoms with Gasteiger partial charge in [0.25, 0.3) is 0 Å². The lowest BCUT2D eigenvalue weighted by Gasteiger charge is -2.24. The molecular weight excluding hydrogens is 282 g/mol. The van der Waals surface area contributed by atoms with Crippen LogP contribution >= 0.6 is 0 Å². The van der Waals surface area contributed by atoms with Gasteiger partial charge >= 0.3 is 5.97 Å². The van der Waals surface area contributed by atoms with Gasteiger partial charge in [0.2, 0.25) is 10.0 Å². The van der Waals surface area contributed by atoms with Crippen molar-refractivity contribution in [2.75, 3.05) is 20.0 Å². The molecule has 1 aliphatic rings. The van der Waals surface area contributed by atoms with Crippen molar-refractivity contribution >= 4 is 16.0 Å². The highest BCUT2D eigenvalue weighted by Gasteiger charge is 2.28. The predicted octanol–water partition coefficient (Wildman–Crippen LogP) is 0.775. The Morgan fingerprint density at radius 1 is 1.50 bits per heavy atom. The largest absolute Gasteiger partial charge is 0.493 e. The van der Waals surface area contributed by atoms with E-state index in [1.807, 2.05) is 0 Å². The van der Waals surface area contributed by atoms with Gasteiger partial charge in [0.15, 0.2) is 0 Å². The molecule has 1 N–H and O–H groups in total. The van der Waals surface area contributed by atoms with E-state index in [1.54, 1.807) is 18.2 Å². The third kappa shape index (κ3) is 3.49. The molecule has 2 rings (SSSR count). The summed E-state index contributed by atoms with van der Waals surface area (Å²) in [5.41, 5.74) is 1.52. The molecule has 0 fully saturated rings. The van der Waals surface area contributed by atoms with E-state index in [4.69, 9.17) is 9.47 Å². The number of ether oxygens (including phenoxy) is 2. The van der Waals surface area contributed by atoms with Crippen molar-refractivity contribution in [2.45, 2.75) is 18.9 Å². The number of hydrogen-bond donors (Lipinski definition) is 1. The van der Waals surface area contributed by atoms with Gasteiger partial charge in [-0.15, -0.1) is 0 Å². The van der Waals surface area contributed by atoms with E-state index in [0.29, 0.717) is 18.8 Å². The number of sulfonamides is 1. The van der Waals surface area contributed by atoms with Gasteiger partial charge < -0.3 is 9.47 Å². The van der Waals surface area contributed by atoms with E-state index in [1.165, 1.54) is 7.11 Å². The van der Waals surface area contributed by atoms with E-state index in [9.17, 15) is 13.2 Å². The van der Waals surface area contributed by atoms with Crippen LogP contribution in [0.2, 0.25) is 0 Å². The van der Waals surface area contributed by atoms with Gasteiger partial charge in [0, 0.05) is 12.1 Å². The van der Waals surface area contributed by atoms with Crippen LogP contribution in [-0.2, 0) is 26.1 Å². The molecule has 1 heterocycles. The molecule has 0 bridgehead atoms. The summed E-state index contributed by atoms with van der Waals surface area (Å²) in [5, 5.41) is 0. The smallest absolute Gasteiger partial charge is 0.313 e. The first-order valence-electron chi connectivity index (χ1n) is 6.19. The molecule has 0 unspecified atom stereocenters. The Labute approximate surface area is 118 Å². The molecule has 0 spiro atoms. The lowest BCUT2D eigenvalue weighted by molar-refractivity contribution is -0.143. The van der Waals surface area contributed by atoms with Gasteiger partial charge in [-0.1, -0.05) is 6.07 Å². The maximum atomic E-state index is 11.8. The molecule has 0 radical (unpaired) electrons. The summed E-state index contributed by atoms with van der Waals surface area (Å²) < 4.78 is 34.9. The quantitative estimate of drug-likeness (QED) is 0.831. The Bertz CT molecular complexity index is 611. The summed E-state index contributed by atoms with van der Waals surface area (Å²) in [7, 11) is -1.90. The monoisotopic (exact) mass is 299 g/mol. The van der Waals surface area contributed by atoms with Crippen molar-refractivity contribution in [3.05, 3.63) is 29.3 Å². The van der Waals surface area contributed by atoms with Gasteiger partial charge in [-0.3, -0.25) is 4.79 Å². The minimum atomic E-state index is -3.25. The fourth-order valence-electron chi connectivity index (χ4n) is 2.16. The van der Waals surface area contributed by atoms with Crippen LogP contribution in [0.4, 0.5) is 0 Å². The van der Waals surface area contributed by atoms with E-state index < -0.39 is 10.0 Å². The van der Waals surface area contributed by atoms with Gasteiger partial charge in [-0.2, -0.15) is 0 Å². The Hall–Kier alpha value is -1.60. The second kappa shape index (κ2) is 5.80. The van der Waals surface area contributed by atoms with Crippen LogP contribution in [0.15, 0.2) is 18.2 Å². The molecule has 7 heteroatoms. The molecule has 110 valence electrons. The first-order valence-corrected chi connectivity index (χ1v) is 8.08. The molecule has 1 aromatic rings. The zero-order chi connectivity index (χ0) is 14.8. The number of hydrogen-bond acceptors (Lipinski definition) is 5. The van der Waals surface area contributed by atoms with E-state index in [0.717, 1.165) is 17.4 Å². The summed E-state index contributed by atoms with van der Waals surface area (Å²) in [6.07, 6.45) is 1.66. The standard InChI is InChI=1S/C13H17NO5S/c1-18-13(15)10-5-6-19-12-4-3-9(7-11(10)12)8-14-20(2,16)17/h3-4,7,10,14H,5-6,8H2,1-2H3/t10-/m1/s1. The van der Waals surface area contributed by atoms with Crippen LogP contribution in [0.25, 0.3) is 0 Å². The Kier molecular flexibility index (Phi) is 4.29. The molecule has 0 amide bonds. The average molecular weight is 299 g/mol. The summed E-state index contributed by atoms with van der Waals surface area (Å²) in [4.78, 5) is 11.8. The van der Waals surface area contributed by atoms with Crippen LogP contribution in [0.3, 0.4) is 0 Å². The molecule has 20 heavy (non-hydrogen) atoms. The number of nitrogens with one attached hydrogen (secondary N) is 1. The molecule has 1 aromatic carbocycles. The number of benzene rings is 1. The van der Waals surface area contributed by atoms with Gasteiger partial charge in [0.05, 0.1) is 25.9 Å². The predicted molar refractivity (Wildman–Crippen MR) is 73.0 cm³/mol. The molecule has 0 saturated heterocycles. The molecule has 1 aliphatic heterocycles. The number of carbonyl (C=O) groups is 1. The third-order valence-electron chi connectivity index (χ3n) is 3.14. The molecule has 0 aliphatic carbocycles. The molecule has 6 nitrogen and oxygen atoms in total. The summed E-state index contributed by atoms with van der Waals surface area (Å²) in [6, 6.07) is 5.31. The van der Waals surface area contributed by atoms with Gasteiger partial charge in [-0.05, 0) is 24.1 Å². The zero-order valence-electron chi connectivity index (χ0n) is 11.4. The van der Waals surface area contributed by atoms with Crippen molar-refractivity contribution in [3.63, 3.8) is 0 Å². The third-order valence-corrected chi connectivity index (χ3v) is 3.81. The minimum absolute atomic E-state index is 0.181. The first kappa shape index (κ1) is 14.8. The number of fused-ring (bicyclic) bond motifs is 1. The number of carbonyl (C=O) groups excluding carboxylic acids is 1. The number of esters is 1. The highest BCUT2D eigenvalue weighted by Crippen LogP contribution is 2.35. The Balaban J connectivity index is 2.25. The van der Waals surface area contributed by atoms with Crippen LogP contribution in [0.5, 0.6) is 5.75 Å². The Morgan fingerprint density at radius 3 is 2.90 bits per heavy atom. The normalized spacial score (nSPS) is 18.0. The van der Waals surface area contributed by atoms with Crippen LogP contribution in [-0.4, -0.2) is 34.4 Å². The number of rotatable bonds is 4. The van der Waals surface area contributed by atoms with Gasteiger partial charge in [-0.25, -0.2) is 13.1 Å². The van der Waals surface area contributed by atoms with Crippen molar-refractivity contribution < 1.29 is 22.7 Å². The van der Waals surface area contributed by atoms with Crippen molar-refractivity contribution in [1.29, 1.82) is 0 Å². The van der Waals surface area contributed by atoms with Crippen molar-refractivity contribution in [3.8, 4) is 5.75 Å². The second-order valence-electron chi connectivity index (χ2n) is 4.68. The Morgan fingerprint density at radius 2 is 2.25 bits per heavy atom. The summed E-state index contributed by atoms with van der Waals surface area (Å²) in [5.74, 6) is -0.0144. The molecular formula is C13H17NO5S. The fraction of sp³-hybridized carbons (Fsp3) is 0.462.